The van der Waals surface area contributed by atoms with Gasteiger partial charge >= 0.3 is 0 Å². The molecule has 3 aromatic rings. The van der Waals surface area contributed by atoms with Gasteiger partial charge in [-0.25, -0.2) is 8.42 Å². The summed E-state index contributed by atoms with van der Waals surface area (Å²) in [7, 11) is -3.73. The zero-order valence-corrected chi connectivity index (χ0v) is 19.8. The van der Waals surface area contributed by atoms with E-state index in [4.69, 9.17) is 16.3 Å². The van der Waals surface area contributed by atoms with Crippen LogP contribution in [0.25, 0.3) is 0 Å². The highest BCUT2D eigenvalue weighted by atomic mass is 35.5. The Morgan fingerprint density at radius 2 is 1.66 bits per heavy atom. The molecule has 0 saturated heterocycles. The van der Waals surface area contributed by atoms with Gasteiger partial charge in [-0.1, -0.05) is 41.9 Å². The monoisotopic (exact) mass is 490 g/mol. The van der Waals surface area contributed by atoms with Gasteiger partial charge in [-0.3, -0.25) is 9.10 Å². The summed E-state index contributed by atoms with van der Waals surface area (Å²) >= 11 is 7.45. The Labute approximate surface area is 197 Å². The number of thioether (sulfide) groups is 1. The highest BCUT2D eigenvalue weighted by Gasteiger charge is 2.24. The lowest BCUT2D eigenvalue weighted by molar-refractivity contribution is -0.119. The summed E-state index contributed by atoms with van der Waals surface area (Å²) in [5, 5.41) is 3.44. The second-order valence-corrected chi connectivity index (χ2v) is 10.3. The Hall–Kier alpha value is -2.68. The molecule has 0 aliphatic rings. The van der Waals surface area contributed by atoms with Crippen molar-refractivity contribution < 1.29 is 17.9 Å². The van der Waals surface area contributed by atoms with Crippen molar-refractivity contribution in [2.24, 2.45) is 0 Å². The summed E-state index contributed by atoms with van der Waals surface area (Å²) in [5.41, 5.74) is 0.296. The van der Waals surface area contributed by atoms with Crippen molar-refractivity contribution in [1.82, 2.24) is 5.32 Å². The van der Waals surface area contributed by atoms with Crippen molar-refractivity contribution in [3.05, 3.63) is 83.9 Å². The lowest BCUT2D eigenvalue weighted by Gasteiger charge is -2.24. The third-order valence-electron chi connectivity index (χ3n) is 4.30. The van der Waals surface area contributed by atoms with Crippen LogP contribution >= 0.6 is 23.4 Å². The van der Waals surface area contributed by atoms with Gasteiger partial charge in [0.15, 0.2) is 5.75 Å². The van der Waals surface area contributed by atoms with E-state index in [1.165, 1.54) is 0 Å². The maximum atomic E-state index is 12.5. The molecule has 3 aromatic carbocycles. The number of anilines is 1. The maximum absolute atomic E-state index is 12.5. The first kappa shape index (κ1) is 24.0. The average Bonchev–Trinajstić information content (AvgIpc) is 2.77. The number of halogens is 1. The third-order valence-corrected chi connectivity index (χ3v) is 6.69. The molecule has 6 nitrogen and oxygen atoms in total. The molecule has 9 heteroatoms. The molecule has 3 rings (SSSR count). The SMILES string of the molecule is CS(=O)(=O)N(CC(=O)NCCSc1ccc(Cl)cc1)c1ccccc1Oc1ccccc1. The predicted octanol–water partition coefficient (Wildman–Crippen LogP) is 4.81. The second-order valence-electron chi connectivity index (χ2n) is 6.80. The van der Waals surface area contributed by atoms with Crippen LogP contribution in [0.15, 0.2) is 83.8 Å². The summed E-state index contributed by atoms with van der Waals surface area (Å²) in [6.45, 7) is 0.0471. The number of carbonyl (C=O) groups is 1. The van der Waals surface area contributed by atoms with Gasteiger partial charge in [0, 0.05) is 22.2 Å². The molecule has 0 unspecified atom stereocenters. The number of amides is 1. The molecule has 0 radical (unpaired) electrons. The van der Waals surface area contributed by atoms with Gasteiger partial charge in [0.25, 0.3) is 0 Å². The number of hydrogen-bond acceptors (Lipinski definition) is 5. The lowest BCUT2D eigenvalue weighted by atomic mass is 10.3. The van der Waals surface area contributed by atoms with Crippen LogP contribution in [0.2, 0.25) is 5.02 Å². The smallest absolute Gasteiger partial charge is 0.240 e. The zero-order chi connectivity index (χ0) is 23.0. The fraction of sp³-hybridized carbons (Fsp3) is 0.174. The van der Waals surface area contributed by atoms with Gasteiger partial charge in [0.05, 0.1) is 11.9 Å². The van der Waals surface area contributed by atoms with Crippen molar-refractivity contribution in [3.8, 4) is 11.5 Å². The van der Waals surface area contributed by atoms with E-state index < -0.39 is 15.9 Å². The van der Waals surface area contributed by atoms with E-state index in [0.29, 0.717) is 34.5 Å². The lowest BCUT2D eigenvalue weighted by Crippen LogP contribution is -2.41. The van der Waals surface area contributed by atoms with Gasteiger partial charge in [-0.2, -0.15) is 0 Å². The van der Waals surface area contributed by atoms with Crippen LogP contribution in [-0.4, -0.2) is 39.4 Å². The van der Waals surface area contributed by atoms with E-state index in [0.717, 1.165) is 15.5 Å². The van der Waals surface area contributed by atoms with E-state index in [-0.39, 0.29) is 6.54 Å². The highest BCUT2D eigenvalue weighted by Crippen LogP contribution is 2.33. The molecular formula is C23H23ClN2O4S2. The molecule has 0 spiro atoms. The van der Waals surface area contributed by atoms with Crippen LogP contribution in [-0.2, 0) is 14.8 Å². The van der Waals surface area contributed by atoms with Crippen LogP contribution in [0, 0.1) is 0 Å². The van der Waals surface area contributed by atoms with Gasteiger partial charge in [-0.15, -0.1) is 11.8 Å². The Kier molecular flexibility index (Phi) is 8.44. The number of benzene rings is 3. The molecule has 32 heavy (non-hydrogen) atoms. The molecule has 1 N–H and O–H groups in total. The standard InChI is InChI=1S/C23H23ClN2O4S2/c1-32(28,29)26(17-23(27)25-15-16-31-20-13-11-18(24)12-14-20)21-9-5-6-10-22(21)30-19-7-3-2-4-8-19/h2-14H,15-17H2,1H3,(H,25,27). The van der Waals surface area contributed by atoms with Crippen LogP contribution < -0.4 is 14.4 Å². The molecule has 0 saturated carbocycles. The second kappa shape index (κ2) is 11.3. The number of hydrogen-bond donors (Lipinski definition) is 1. The van der Waals surface area contributed by atoms with Crippen molar-refractivity contribution in [3.63, 3.8) is 0 Å². The summed E-state index contributed by atoms with van der Waals surface area (Å²) in [4.78, 5) is 13.5. The topological polar surface area (TPSA) is 75.7 Å². The number of rotatable bonds is 10. The molecule has 0 atom stereocenters. The minimum absolute atomic E-state index is 0.296. The van der Waals surface area contributed by atoms with E-state index in [9.17, 15) is 13.2 Å². The molecule has 1 amide bonds. The fourth-order valence-electron chi connectivity index (χ4n) is 2.82. The average molecular weight is 491 g/mol. The van der Waals surface area contributed by atoms with E-state index in [1.807, 2.05) is 30.3 Å². The molecule has 168 valence electrons. The van der Waals surface area contributed by atoms with Gasteiger partial charge in [-0.05, 0) is 48.5 Å². The minimum atomic E-state index is -3.73. The summed E-state index contributed by atoms with van der Waals surface area (Å²) < 4.78 is 31.9. The molecule has 0 aromatic heterocycles. The Bertz CT molecular complexity index is 1140. The van der Waals surface area contributed by atoms with E-state index in [2.05, 4.69) is 5.32 Å². The number of nitrogens with zero attached hydrogens (tertiary/aromatic N) is 1. The van der Waals surface area contributed by atoms with E-state index in [1.54, 1.807) is 60.3 Å². The van der Waals surface area contributed by atoms with Crippen LogP contribution in [0.1, 0.15) is 0 Å². The minimum Gasteiger partial charge on any atom is -0.455 e. The maximum Gasteiger partial charge on any atom is 0.240 e. The first-order chi connectivity index (χ1) is 15.3. The highest BCUT2D eigenvalue weighted by molar-refractivity contribution is 7.99. The normalized spacial score (nSPS) is 11.1. The quantitative estimate of drug-likeness (QED) is 0.326. The number of sulfonamides is 1. The third kappa shape index (κ3) is 7.19. The van der Waals surface area contributed by atoms with Crippen molar-refractivity contribution in [2.75, 3.05) is 29.4 Å². The Morgan fingerprint density at radius 1 is 1.00 bits per heavy atom. The van der Waals surface area contributed by atoms with Crippen molar-refractivity contribution in [2.45, 2.75) is 4.90 Å². The van der Waals surface area contributed by atoms with Gasteiger partial charge in [0.2, 0.25) is 15.9 Å². The number of carbonyl (C=O) groups excluding carboxylic acids is 1. The van der Waals surface area contributed by atoms with Gasteiger partial charge in [0.1, 0.15) is 12.3 Å². The number of para-hydroxylation sites is 3. The fourth-order valence-corrected chi connectivity index (χ4v) is 4.58. The van der Waals surface area contributed by atoms with Crippen LogP contribution in [0.3, 0.4) is 0 Å². The Morgan fingerprint density at radius 3 is 2.34 bits per heavy atom. The Balaban J connectivity index is 1.64. The van der Waals surface area contributed by atoms with E-state index >= 15 is 0 Å². The molecule has 0 aliphatic heterocycles. The number of ether oxygens (including phenoxy) is 1. The molecule has 0 aliphatic carbocycles. The molecular weight excluding hydrogens is 468 g/mol. The zero-order valence-electron chi connectivity index (χ0n) is 17.4. The molecule has 0 heterocycles. The molecule has 0 bridgehead atoms. The predicted molar refractivity (Wildman–Crippen MR) is 130 cm³/mol. The summed E-state index contributed by atoms with van der Waals surface area (Å²) in [6.07, 6.45) is 1.07. The van der Waals surface area contributed by atoms with Crippen molar-refractivity contribution in [1.29, 1.82) is 0 Å². The van der Waals surface area contributed by atoms with Crippen LogP contribution in [0.4, 0.5) is 5.69 Å². The summed E-state index contributed by atoms with van der Waals surface area (Å²) in [5.74, 6) is 1.15. The molecule has 0 fully saturated rings. The van der Waals surface area contributed by atoms with Gasteiger partial charge < -0.3 is 10.1 Å². The first-order valence-corrected chi connectivity index (χ1v) is 13.0. The largest absolute Gasteiger partial charge is 0.455 e. The summed E-state index contributed by atoms with van der Waals surface area (Å²) in [6, 6.07) is 23.2. The number of nitrogens with one attached hydrogen (secondary N) is 1. The van der Waals surface area contributed by atoms with Crippen LogP contribution in [0.5, 0.6) is 11.5 Å². The van der Waals surface area contributed by atoms with Crippen molar-refractivity contribution >= 4 is 45.0 Å². The first-order valence-electron chi connectivity index (χ1n) is 9.77.